The molecule has 0 fully saturated rings. The van der Waals surface area contributed by atoms with E-state index in [0.717, 1.165) is 33.2 Å². The Hall–Kier alpha value is -3.47. The summed E-state index contributed by atoms with van der Waals surface area (Å²) < 4.78 is 0. The molecule has 2 amide bonds. The lowest BCUT2D eigenvalue weighted by Crippen LogP contribution is -2.22. The quantitative estimate of drug-likeness (QED) is 0.475. The summed E-state index contributed by atoms with van der Waals surface area (Å²) in [5.41, 5.74) is 7.03. The van der Waals surface area contributed by atoms with Crippen LogP contribution in [0.1, 0.15) is 36.5 Å². The van der Waals surface area contributed by atoms with Crippen molar-refractivity contribution >= 4 is 34.0 Å². The lowest BCUT2D eigenvalue weighted by molar-refractivity contribution is -0.124. The van der Waals surface area contributed by atoms with Gasteiger partial charge in [0, 0.05) is 18.5 Å². The van der Waals surface area contributed by atoms with E-state index in [0.29, 0.717) is 5.71 Å². The monoisotopic (exact) mass is 387 g/mol. The van der Waals surface area contributed by atoms with Gasteiger partial charge in [-0.1, -0.05) is 48.5 Å². The average Bonchev–Trinajstić information content (AvgIpc) is 2.72. The number of nitrogens with one attached hydrogen (secondary N) is 2. The number of carbonyl (C=O) groups is 2. The Bertz CT molecular complexity index is 1090. The van der Waals surface area contributed by atoms with E-state index < -0.39 is 0 Å². The second-order valence-electron chi connectivity index (χ2n) is 7.16. The number of fused-ring (bicyclic) bond motifs is 1. The zero-order chi connectivity index (χ0) is 20.8. The van der Waals surface area contributed by atoms with Crippen LogP contribution in [0, 0.1) is 13.8 Å². The van der Waals surface area contributed by atoms with Gasteiger partial charge in [0.15, 0.2) is 0 Å². The van der Waals surface area contributed by atoms with Crippen molar-refractivity contribution in [2.75, 3.05) is 5.32 Å². The molecule has 5 heteroatoms. The van der Waals surface area contributed by atoms with Gasteiger partial charge >= 0.3 is 0 Å². The van der Waals surface area contributed by atoms with Crippen LogP contribution in [0.3, 0.4) is 0 Å². The molecule has 0 bridgehead atoms. The molecule has 3 aromatic carbocycles. The van der Waals surface area contributed by atoms with Crippen LogP contribution in [-0.2, 0) is 9.59 Å². The Kier molecular flexibility index (Phi) is 6.39. The Morgan fingerprint density at radius 3 is 2.38 bits per heavy atom. The van der Waals surface area contributed by atoms with Crippen molar-refractivity contribution in [3.05, 3.63) is 77.4 Å². The number of hydrogen-bond acceptors (Lipinski definition) is 3. The second kappa shape index (κ2) is 9.15. The van der Waals surface area contributed by atoms with Crippen molar-refractivity contribution in [3.63, 3.8) is 0 Å². The highest BCUT2D eigenvalue weighted by Gasteiger charge is 2.09. The summed E-state index contributed by atoms with van der Waals surface area (Å²) in [7, 11) is 0. The molecule has 0 saturated heterocycles. The van der Waals surface area contributed by atoms with Gasteiger partial charge in [-0.15, -0.1) is 0 Å². The van der Waals surface area contributed by atoms with Crippen LogP contribution in [0.4, 0.5) is 5.69 Å². The summed E-state index contributed by atoms with van der Waals surface area (Å²) in [6.45, 7) is 5.75. The van der Waals surface area contributed by atoms with E-state index in [1.807, 2.05) is 75.4 Å². The smallest absolute Gasteiger partial charge is 0.240 e. The molecule has 0 aliphatic heterocycles. The average molecular weight is 387 g/mol. The largest absolute Gasteiger partial charge is 0.326 e. The molecule has 3 rings (SSSR count). The number of hydrazone groups is 1. The maximum absolute atomic E-state index is 12.1. The lowest BCUT2D eigenvalue weighted by Gasteiger charge is -2.09. The Morgan fingerprint density at radius 1 is 0.862 bits per heavy atom. The highest BCUT2D eigenvalue weighted by molar-refractivity contribution is 6.02. The molecule has 0 atom stereocenters. The molecule has 0 unspecified atom stereocenters. The molecule has 0 aliphatic carbocycles. The van der Waals surface area contributed by atoms with Gasteiger partial charge in [0.1, 0.15) is 0 Å². The summed E-state index contributed by atoms with van der Waals surface area (Å²) in [4.78, 5) is 24.2. The Labute approximate surface area is 170 Å². The molecule has 0 spiro atoms. The summed E-state index contributed by atoms with van der Waals surface area (Å²) in [5.74, 6) is -0.481. The second-order valence-corrected chi connectivity index (χ2v) is 7.16. The van der Waals surface area contributed by atoms with Crippen LogP contribution in [-0.4, -0.2) is 17.5 Å². The van der Waals surface area contributed by atoms with Crippen molar-refractivity contribution in [2.24, 2.45) is 5.10 Å². The van der Waals surface area contributed by atoms with Crippen LogP contribution in [0.5, 0.6) is 0 Å². The number of hydrogen-bond donors (Lipinski definition) is 2. The van der Waals surface area contributed by atoms with E-state index in [4.69, 9.17) is 0 Å². The van der Waals surface area contributed by atoms with Crippen molar-refractivity contribution in [3.8, 4) is 0 Å². The van der Waals surface area contributed by atoms with Crippen LogP contribution in [0.2, 0.25) is 0 Å². The summed E-state index contributed by atoms with van der Waals surface area (Å²) in [6, 6.07) is 20.0. The SMILES string of the molecule is C/C(=N\NC(=O)CCC(=O)Nc1cc(C)ccc1C)c1ccc2ccccc2c1. The summed E-state index contributed by atoms with van der Waals surface area (Å²) >= 11 is 0. The number of benzene rings is 3. The van der Waals surface area contributed by atoms with E-state index in [-0.39, 0.29) is 24.7 Å². The van der Waals surface area contributed by atoms with Crippen molar-refractivity contribution < 1.29 is 9.59 Å². The molecule has 0 heterocycles. The third-order valence-corrected chi connectivity index (χ3v) is 4.76. The summed E-state index contributed by atoms with van der Waals surface area (Å²) in [5, 5.41) is 9.31. The first-order chi connectivity index (χ1) is 13.9. The minimum atomic E-state index is -0.291. The van der Waals surface area contributed by atoms with E-state index in [1.165, 1.54) is 0 Å². The first kappa shape index (κ1) is 20.3. The molecule has 148 valence electrons. The molecule has 0 aliphatic rings. The van der Waals surface area contributed by atoms with Crippen molar-refractivity contribution in [2.45, 2.75) is 33.6 Å². The van der Waals surface area contributed by atoms with E-state index >= 15 is 0 Å². The number of carbonyl (C=O) groups excluding carboxylic acids is 2. The third kappa shape index (κ3) is 5.51. The maximum atomic E-state index is 12.1. The zero-order valence-corrected chi connectivity index (χ0v) is 17.0. The normalized spacial score (nSPS) is 11.3. The third-order valence-electron chi connectivity index (χ3n) is 4.76. The van der Waals surface area contributed by atoms with Crippen LogP contribution >= 0.6 is 0 Å². The number of anilines is 1. The predicted octanol–water partition coefficient (Wildman–Crippen LogP) is 4.72. The fourth-order valence-corrected chi connectivity index (χ4v) is 2.99. The molecular formula is C24H25N3O2. The van der Waals surface area contributed by atoms with Gasteiger partial charge in [0.2, 0.25) is 11.8 Å². The van der Waals surface area contributed by atoms with E-state index in [2.05, 4.69) is 21.9 Å². The predicted molar refractivity (Wildman–Crippen MR) is 118 cm³/mol. The van der Waals surface area contributed by atoms with E-state index in [1.54, 1.807) is 0 Å². The Morgan fingerprint density at radius 2 is 1.59 bits per heavy atom. The maximum Gasteiger partial charge on any atom is 0.240 e. The standard InChI is InChI=1S/C24H25N3O2/c1-16-8-9-17(2)22(14-16)25-23(28)12-13-24(29)27-26-18(3)20-11-10-19-6-4-5-7-21(19)15-20/h4-11,14-15H,12-13H2,1-3H3,(H,25,28)(H,27,29)/b26-18+. The molecular weight excluding hydrogens is 362 g/mol. The number of amides is 2. The van der Waals surface area contributed by atoms with Gasteiger partial charge in [-0.05, 0) is 60.4 Å². The molecule has 2 N–H and O–H groups in total. The number of rotatable bonds is 6. The van der Waals surface area contributed by atoms with Gasteiger partial charge in [0.25, 0.3) is 0 Å². The van der Waals surface area contributed by atoms with Gasteiger partial charge in [-0.2, -0.15) is 5.10 Å². The first-order valence-corrected chi connectivity index (χ1v) is 9.62. The molecule has 0 aromatic heterocycles. The van der Waals surface area contributed by atoms with Gasteiger partial charge in [0.05, 0.1) is 5.71 Å². The highest BCUT2D eigenvalue weighted by Crippen LogP contribution is 2.17. The molecule has 0 saturated carbocycles. The van der Waals surface area contributed by atoms with Gasteiger partial charge in [-0.3, -0.25) is 9.59 Å². The number of aryl methyl sites for hydroxylation is 2. The summed E-state index contributed by atoms with van der Waals surface area (Å²) in [6.07, 6.45) is 0.176. The topological polar surface area (TPSA) is 70.6 Å². The van der Waals surface area contributed by atoms with E-state index in [9.17, 15) is 9.59 Å². The minimum Gasteiger partial charge on any atom is -0.326 e. The van der Waals surface area contributed by atoms with Crippen LogP contribution < -0.4 is 10.7 Å². The van der Waals surface area contributed by atoms with Crippen LogP contribution in [0.25, 0.3) is 10.8 Å². The van der Waals surface area contributed by atoms with Crippen molar-refractivity contribution in [1.29, 1.82) is 0 Å². The molecule has 3 aromatic rings. The molecule has 0 radical (unpaired) electrons. The number of nitrogens with zero attached hydrogens (tertiary/aromatic N) is 1. The molecule has 29 heavy (non-hydrogen) atoms. The fourth-order valence-electron chi connectivity index (χ4n) is 2.99. The zero-order valence-electron chi connectivity index (χ0n) is 17.0. The van der Waals surface area contributed by atoms with Crippen molar-refractivity contribution in [1.82, 2.24) is 5.43 Å². The molecule has 5 nitrogen and oxygen atoms in total. The fraction of sp³-hybridized carbons (Fsp3) is 0.208. The Balaban J connectivity index is 1.53. The van der Waals surface area contributed by atoms with Gasteiger partial charge in [-0.25, -0.2) is 5.43 Å². The van der Waals surface area contributed by atoms with Gasteiger partial charge < -0.3 is 5.32 Å². The van der Waals surface area contributed by atoms with Crippen LogP contribution in [0.15, 0.2) is 65.8 Å². The first-order valence-electron chi connectivity index (χ1n) is 9.62. The highest BCUT2D eigenvalue weighted by atomic mass is 16.2. The lowest BCUT2D eigenvalue weighted by atomic mass is 10.0. The minimum absolute atomic E-state index is 0.0746.